The fourth-order valence-electron chi connectivity index (χ4n) is 1.67. The van der Waals surface area contributed by atoms with Gasteiger partial charge in [0.15, 0.2) is 5.82 Å². The number of halogens is 2. The summed E-state index contributed by atoms with van der Waals surface area (Å²) in [5.74, 6) is -0.605. The Morgan fingerprint density at radius 3 is 2.60 bits per heavy atom. The number of benzene rings is 1. The summed E-state index contributed by atoms with van der Waals surface area (Å²) in [4.78, 5) is 4.17. The molecule has 0 radical (unpaired) electrons. The van der Waals surface area contributed by atoms with Gasteiger partial charge in [0.05, 0.1) is 6.04 Å². The molecule has 0 aliphatic carbocycles. The van der Waals surface area contributed by atoms with Crippen LogP contribution in [0.1, 0.15) is 44.1 Å². The number of rotatable bonds is 3. The average Bonchev–Trinajstić information content (AvgIpc) is 2.79. The lowest BCUT2D eigenvalue weighted by Gasteiger charge is -2.23. The number of aromatic nitrogens is 2. The van der Waals surface area contributed by atoms with Crippen LogP contribution in [0.4, 0.5) is 8.78 Å². The van der Waals surface area contributed by atoms with Crippen molar-refractivity contribution in [1.29, 1.82) is 0 Å². The van der Waals surface area contributed by atoms with Crippen molar-refractivity contribution in [3.63, 3.8) is 0 Å². The predicted molar refractivity (Wildman–Crippen MR) is 69.8 cm³/mol. The van der Waals surface area contributed by atoms with Gasteiger partial charge in [-0.25, -0.2) is 8.78 Å². The maximum Gasteiger partial charge on any atom is 0.244 e. The van der Waals surface area contributed by atoms with E-state index in [2.05, 4.69) is 10.1 Å². The Balaban J connectivity index is 2.18. The summed E-state index contributed by atoms with van der Waals surface area (Å²) in [5, 5.41) is 3.78. The van der Waals surface area contributed by atoms with Crippen molar-refractivity contribution in [2.75, 3.05) is 0 Å². The van der Waals surface area contributed by atoms with Crippen molar-refractivity contribution in [3.05, 3.63) is 47.1 Å². The van der Waals surface area contributed by atoms with Gasteiger partial charge in [-0.15, -0.1) is 0 Å². The molecule has 0 bridgehead atoms. The van der Waals surface area contributed by atoms with Gasteiger partial charge in [-0.05, 0) is 17.0 Å². The predicted octanol–water partition coefficient (Wildman–Crippen LogP) is 2.98. The molecule has 1 heterocycles. The monoisotopic (exact) mass is 281 g/mol. The van der Waals surface area contributed by atoms with Gasteiger partial charge in [0, 0.05) is 12.5 Å². The highest BCUT2D eigenvalue weighted by atomic mass is 19.1. The minimum absolute atomic E-state index is 0.131. The lowest BCUT2D eigenvalue weighted by Crippen LogP contribution is -2.26. The third kappa shape index (κ3) is 3.19. The molecule has 2 aromatic rings. The van der Waals surface area contributed by atoms with Gasteiger partial charge in [-0.2, -0.15) is 4.98 Å². The van der Waals surface area contributed by atoms with E-state index < -0.39 is 17.7 Å². The summed E-state index contributed by atoms with van der Waals surface area (Å²) in [6.07, 6.45) is 0.131. The smallest absolute Gasteiger partial charge is 0.244 e. The number of nitrogens with zero attached hydrogens (tertiary/aromatic N) is 2. The van der Waals surface area contributed by atoms with Crippen LogP contribution < -0.4 is 5.73 Å². The van der Waals surface area contributed by atoms with Gasteiger partial charge in [0.2, 0.25) is 5.89 Å². The number of nitrogens with two attached hydrogens (primary N) is 1. The summed E-state index contributed by atoms with van der Waals surface area (Å²) in [6, 6.07) is 2.99. The van der Waals surface area contributed by atoms with Gasteiger partial charge in [-0.3, -0.25) is 0 Å². The maximum absolute atomic E-state index is 13.5. The molecule has 108 valence electrons. The Labute approximate surface area is 116 Å². The Hall–Kier alpha value is -1.82. The Kier molecular flexibility index (Phi) is 3.85. The normalized spacial score (nSPS) is 13.5. The third-order valence-electron chi connectivity index (χ3n) is 3.05. The molecule has 6 heteroatoms. The standard InChI is InChI=1S/C14H17F2N3O/c1-14(2,3)12(17)13-18-11(19-20-13)6-8-4-5-9(15)7-10(8)16/h4-5,7,12H,6,17H2,1-3H3. The minimum atomic E-state index is -0.628. The molecule has 0 saturated carbocycles. The second-order valence-electron chi connectivity index (χ2n) is 5.81. The number of hydrogen-bond acceptors (Lipinski definition) is 4. The first-order chi connectivity index (χ1) is 9.27. The molecular weight excluding hydrogens is 264 g/mol. The van der Waals surface area contributed by atoms with Crippen molar-refractivity contribution in [2.24, 2.45) is 11.1 Å². The first kappa shape index (κ1) is 14.6. The lowest BCUT2D eigenvalue weighted by molar-refractivity contribution is 0.252. The summed E-state index contributed by atoms with van der Waals surface area (Å²) >= 11 is 0. The van der Waals surface area contributed by atoms with Crippen molar-refractivity contribution >= 4 is 0 Å². The molecular formula is C14H17F2N3O. The van der Waals surface area contributed by atoms with Crippen LogP contribution in [-0.2, 0) is 6.42 Å². The van der Waals surface area contributed by atoms with E-state index in [1.54, 1.807) is 0 Å². The van der Waals surface area contributed by atoms with E-state index in [0.717, 1.165) is 6.07 Å². The SMILES string of the molecule is CC(C)(C)C(N)c1nc(Cc2ccc(F)cc2F)no1. The van der Waals surface area contributed by atoms with E-state index in [1.165, 1.54) is 12.1 Å². The second-order valence-corrected chi connectivity index (χ2v) is 5.81. The van der Waals surface area contributed by atoms with Crippen molar-refractivity contribution < 1.29 is 13.3 Å². The van der Waals surface area contributed by atoms with E-state index >= 15 is 0 Å². The van der Waals surface area contributed by atoms with Crippen LogP contribution >= 0.6 is 0 Å². The highest BCUT2D eigenvalue weighted by Crippen LogP contribution is 2.29. The molecule has 2 N–H and O–H groups in total. The zero-order valence-corrected chi connectivity index (χ0v) is 11.7. The largest absolute Gasteiger partial charge is 0.338 e. The van der Waals surface area contributed by atoms with E-state index in [0.29, 0.717) is 17.3 Å². The Morgan fingerprint density at radius 2 is 2.00 bits per heavy atom. The van der Waals surface area contributed by atoms with Gasteiger partial charge in [0.1, 0.15) is 11.6 Å². The first-order valence-corrected chi connectivity index (χ1v) is 6.29. The highest BCUT2D eigenvalue weighted by molar-refractivity contribution is 5.21. The highest BCUT2D eigenvalue weighted by Gasteiger charge is 2.27. The Bertz CT molecular complexity index is 605. The first-order valence-electron chi connectivity index (χ1n) is 6.29. The molecule has 2 rings (SSSR count). The summed E-state index contributed by atoms with van der Waals surface area (Å²) in [6.45, 7) is 5.88. The molecule has 0 amide bonds. The van der Waals surface area contributed by atoms with Crippen LogP contribution in [0.25, 0.3) is 0 Å². The van der Waals surface area contributed by atoms with Crippen molar-refractivity contribution in [3.8, 4) is 0 Å². The minimum Gasteiger partial charge on any atom is -0.338 e. The Morgan fingerprint density at radius 1 is 1.30 bits per heavy atom. The van der Waals surface area contributed by atoms with Crippen LogP contribution in [-0.4, -0.2) is 10.1 Å². The molecule has 1 aromatic carbocycles. The zero-order chi connectivity index (χ0) is 14.9. The van der Waals surface area contributed by atoms with Crippen molar-refractivity contribution in [2.45, 2.75) is 33.2 Å². The molecule has 0 saturated heterocycles. The molecule has 20 heavy (non-hydrogen) atoms. The van der Waals surface area contributed by atoms with Gasteiger partial charge in [-0.1, -0.05) is 32.0 Å². The summed E-state index contributed by atoms with van der Waals surface area (Å²) < 4.78 is 31.5. The molecule has 0 fully saturated rings. The van der Waals surface area contributed by atoms with Crippen LogP contribution in [0.15, 0.2) is 22.7 Å². The van der Waals surface area contributed by atoms with Gasteiger partial charge in [0.25, 0.3) is 0 Å². The maximum atomic E-state index is 13.5. The van der Waals surface area contributed by atoms with Gasteiger partial charge >= 0.3 is 0 Å². The van der Waals surface area contributed by atoms with E-state index in [-0.39, 0.29) is 11.8 Å². The van der Waals surface area contributed by atoms with Gasteiger partial charge < -0.3 is 10.3 Å². The van der Waals surface area contributed by atoms with E-state index in [4.69, 9.17) is 10.3 Å². The molecule has 1 unspecified atom stereocenters. The molecule has 0 spiro atoms. The average molecular weight is 281 g/mol. The molecule has 1 aromatic heterocycles. The van der Waals surface area contributed by atoms with E-state index in [1.807, 2.05) is 20.8 Å². The molecule has 0 aliphatic rings. The van der Waals surface area contributed by atoms with Crippen LogP contribution in [0.2, 0.25) is 0 Å². The quantitative estimate of drug-likeness (QED) is 0.939. The molecule has 0 aliphatic heterocycles. The molecule has 4 nitrogen and oxygen atoms in total. The fourth-order valence-corrected chi connectivity index (χ4v) is 1.67. The number of hydrogen-bond donors (Lipinski definition) is 1. The summed E-state index contributed by atoms with van der Waals surface area (Å²) in [5.41, 5.74) is 6.10. The zero-order valence-electron chi connectivity index (χ0n) is 11.7. The fraction of sp³-hybridized carbons (Fsp3) is 0.429. The summed E-state index contributed by atoms with van der Waals surface area (Å²) in [7, 11) is 0. The lowest BCUT2D eigenvalue weighted by atomic mass is 9.87. The molecule has 1 atom stereocenters. The second kappa shape index (κ2) is 5.28. The van der Waals surface area contributed by atoms with Crippen LogP contribution in [0, 0.1) is 17.0 Å². The van der Waals surface area contributed by atoms with Crippen molar-refractivity contribution in [1.82, 2.24) is 10.1 Å². The van der Waals surface area contributed by atoms with Crippen LogP contribution in [0.3, 0.4) is 0 Å². The van der Waals surface area contributed by atoms with Crippen LogP contribution in [0.5, 0.6) is 0 Å². The van der Waals surface area contributed by atoms with E-state index in [9.17, 15) is 8.78 Å². The third-order valence-corrected chi connectivity index (χ3v) is 3.05. The topological polar surface area (TPSA) is 64.9 Å².